The second-order valence-corrected chi connectivity index (χ2v) is 6.29. The molecule has 0 saturated heterocycles. The van der Waals surface area contributed by atoms with Gasteiger partial charge >= 0.3 is 0 Å². The van der Waals surface area contributed by atoms with Gasteiger partial charge in [-0.05, 0) is 59.4 Å². The van der Waals surface area contributed by atoms with Crippen LogP contribution in [0.1, 0.15) is 27.6 Å². The smallest absolute Gasteiger partial charge is 0.127 e. The number of halogens is 1. The third kappa shape index (κ3) is 2.71. The normalized spacial score (nSPS) is 12.5. The summed E-state index contributed by atoms with van der Waals surface area (Å²) < 4.78 is 6.76. The SMILES string of the molecule is CNC(c1ccc(C)c(C)c1OC)c1sccc1Br. The highest BCUT2D eigenvalue weighted by atomic mass is 79.9. The van der Waals surface area contributed by atoms with E-state index in [2.05, 4.69) is 58.7 Å². The van der Waals surface area contributed by atoms with Crippen LogP contribution >= 0.6 is 27.3 Å². The molecule has 1 heterocycles. The van der Waals surface area contributed by atoms with Crippen molar-refractivity contribution in [1.82, 2.24) is 5.32 Å². The van der Waals surface area contributed by atoms with E-state index in [0.29, 0.717) is 0 Å². The summed E-state index contributed by atoms with van der Waals surface area (Å²) in [6.07, 6.45) is 0. The lowest BCUT2D eigenvalue weighted by molar-refractivity contribution is 0.402. The van der Waals surface area contributed by atoms with Crippen molar-refractivity contribution in [3.05, 3.63) is 49.6 Å². The summed E-state index contributed by atoms with van der Waals surface area (Å²) in [7, 11) is 3.72. The van der Waals surface area contributed by atoms with Crippen LogP contribution in [0, 0.1) is 13.8 Å². The Labute approximate surface area is 126 Å². The van der Waals surface area contributed by atoms with Crippen molar-refractivity contribution >= 4 is 27.3 Å². The van der Waals surface area contributed by atoms with E-state index in [4.69, 9.17) is 4.74 Å². The molecule has 0 amide bonds. The summed E-state index contributed by atoms with van der Waals surface area (Å²) in [5.41, 5.74) is 3.63. The Bertz CT molecular complexity index is 580. The zero-order valence-electron chi connectivity index (χ0n) is 11.6. The molecule has 102 valence electrons. The van der Waals surface area contributed by atoms with Gasteiger partial charge in [-0.1, -0.05) is 12.1 Å². The van der Waals surface area contributed by atoms with E-state index in [1.54, 1.807) is 18.4 Å². The fourth-order valence-electron chi connectivity index (χ4n) is 2.25. The van der Waals surface area contributed by atoms with Gasteiger partial charge in [-0.25, -0.2) is 0 Å². The summed E-state index contributed by atoms with van der Waals surface area (Å²) in [5, 5.41) is 5.48. The molecule has 1 aromatic carbocycles. The monoisotopic (exact) mass is 339 g/mol. The van der Waals surface area contributed by atoms with E-state index in [-0.39, 0.29) is 6.04 Å². The van der Waals surface area contributed by atoms with Gasteiger partial charge in [-0.2, -0.15) is 0 Å². The molecule has 0 fully saturated rings. The van der Waals surface area contributed by atoms with Gasteiger partial charge in [-0.15, -0.1) is 11.3 Å². The molecule has 0 radical (unpaired) electrons. The molecule has 1 aromatic heterocycles. The number of thiophene rings is 1. The molecular formula is C15H18BrNOS. The van der Waals surface area contributed by atoms with Crippen LogP contribution in [0.4, 0.5) is 0 Å². The van der Waals surface area contributed by atoms with Gasteiger partial charge in [0.15, 0.2) is 0 Å². The summed E-state index contributed by atoms with van der Waals surface area (Å²) in [6, 6.07) is 6.52. The topological polar surface area (TPSA) is 21.3 Å². The lowest BCUT2D eigenvalue weighted by Crippen LogP contribution is -2.18. The number of methoxy groups -OCH3 is 1. The zero-order valence-corrected chi connectivity index (χ0v) is 14.0. The Morgan fingerprint density at radius 3 is 2.53 bits per heavy atom. The molecule has 0 aliphatic heterocycles. The van der Waals surface area contributed by atoms with Gasteiger partial charge < -0.3 is 10.1 Å². The van der Waals surface area contributed by atoms with E-state index >= 15 is 0 Å². The van der Waals surface area contributed by atoms with Gasteiger partial charge in [0.25, 0.3) is 0 Å². The van der Waals surface area contributed by atoms with Crippen molar-refractivity contribution in [3.63, 3.8) is 0 Å². The number of hydrogen-bond donors (Lipinski definition) is 1. The molecule has 1 atom stereocenters. The molecule has 4 heteroatoms. The maximum Gasteiger partial charge on any atom is 0.127 e. The van der Waals surface area contributed by atoms with Crippen molar-refractivity contribution in [2.45, 2.75) is 19.9 Å². The van der Waals surface area contributed by atoms with Crippen molar-refractivity contribution < 1.29 is 4.74 Å². The summed E-state index contributed by atoms with van der Waals surface area (Å²) >= 11 is 5.36. The summed E-state index contributed by atoms with van der Waals surface area (Å²) in [5.74, 6) is 0.972. The molecule has 2 aromatic rings. The van der Waals surface area contributed by atoms with Crippen LogP contribution in [0.5, 0.6) is 5.75 Å². The molecule has 1 unspecified atom stereocenters. The molecule has 2 rings (SSSR count). The van der Waals surface area contributed by atoms with Crippen LogP contribution in [-0.4, -0.2) is 14.2 Å². The molecule has 2 nitrogen and oxygen atoms in total. The van der Waals surface area contributed by atoms with E-state index < -0.39 is 0 Å². The van der Waals surface area contributed by atoms with Crippen molar-refractivity contribution in [2.75, 3.05) is 14.2 Å². The van der Waals surface area contributed by atoms with E-state index in [0.717, 1.165) is 10.2 Å². The Morgan fingerprint density at radius 1 is 1.26 bits per heavy atom. The molecule has 1 N–H and O–H groups in total. The molecule has 19 heavy (non-hydrogen) atoms. The molecular weight excluding hydrogens is 322 g/mol. The molecule has 0 spiro atoms. The van der Waals surface area contributed by atoms with Crippen molar-refractivity contribution in [1.29, 1.82) is 0 Å². The first-order chi connectivity index (χ1) is 9.10. The number of hydrogen-bond acceptors (Lipinski definition) is 3. The first kappa shape index (κ1) is 14.6. The average Bonchev–Trinajstić information content (AvgIpc) is 2.81. The van der Waals surface area contributed by atoms with E-state index in [1.807, 2.05) is 7.05 Å². The van der Waals surface area contributed by atoms with Gasteiger partial charge in [0.1, 0.15) is 5.75 Å². The van der Waals surface area contributed by atoms with Gasteiger partial charge in [0.05, 0.1) is 13.2 Å². The highest BCUT2D eigenvalue weighted by Gasteiger charge is 2.21. The minimum Gasteiger partial charge on any atom is -0.496 e. The quantitative estimate of drug-likeness (QED) is 0.888. The standard InChI is InChI=1S/C15H18BrNOS/c1-9-5-6-11(14(18-4)10(9)2)13(17-3)15-12(16)7-8-19-15/h5-8,13,17H,1-4H3. The van der Waals surface area contributed by atoms with Crippen LogP contribution in [0.3, 0.4) is 0 Å². The highest BCUT2D eigenvalue weighted by Crippen LogP contribution is 2.38. The second kappa shape index (κ2) is 6.07. The Morgan fingerprint density at radius 2 is 2.00 bits per heavy atom. The van der Waals surface area contributed by atoms with Crippen LogP contribution in [0.15, 0.2) is 28.1 Å². The van der Waals surface area contributed by atoms with Gasteiger partial charge in [0.2, 0.25) is 0 Å². The van der Waals surface area contributed by atoms with Gasteiger partial charge in [-0.3, -0.25) is 0 Å². The number of aryl methyl sites for hydroxylation is 1. The summed E-state index contributed by atoms with van der Waals surface area (Å²) in [6.45, 7) is 4.21. The lowest BCUT2D eigenvalue weighted by atomic mass is 9.98. The fourth-order valence-corrected chi connectivity index (χ4v) is 3.98. The number of ether oxygens (including phenoxy) is 1. The fraction of sp³-hybridized carbons (Fsp3) is 0.333. The lowest BCUT2D eigenvalue weighted by Gasteiger charge is -2.21. The largest absolute Gasteiger partial charge is 0.496 e. The first-order valence-corrected chi connectivity index (χ1v) is 7.81. The maximum absolute atomic E-state index is 5.63. The van der Waals surface area contributed by atoms with Crippen molar-refractivity contribution in [2.24, 2.45) is 0 Å². The highest BCUT2D eigenvalue weighted by molar-refractivity contribution is 9.10. The molecule has 0 saturated carbocycles. The second-order valence-electron chi connectivity index (χ2n) is 4.48. The molecule has 0 aliphatic rings. The predicted molar refractivity (Wildman–Crippen MR) is 85.4 cm³/mol. The Hall–Kier alpha value is -0.840. The third-order valence-corrected chi connectivity index (χ3v) is 5.35. The zero-order chi connectivity index (χ0) is 14.0. The van der Waals surface area contributed by atoms with E-state index in [9.17, 15) is 0 Å². The maximum atomic E-state index is 5.63. The minimum absolute atomic E-state index is 0.142. The summed E-state index contributed by atoms with van der Waals surface area (Å²) in [4.78, 5) is 1.27. The predicted octanol–water partition coefficient (Wildman–Crippen LogP) is 4.44. The minimum atomic E-state index is 0.142. The molecule has 0 aliphatic carbocycles. The average molecular weight is 340 g/mol. The number of rotatable bonds is 4. The van der Waals surface area contributed by atoms with Gasteiger partial charge in [0, 0.05) is 14.9 Å². The first-order valence-electron chi connectivity index (χ1n) is 6.14. The van der Waals surface area contributed by atoms with Crippen molar-refractivity contribution in [3.8, 4) is 5.75 Å². The molecule has 0 bridgehead atoms. The number of nitrogens with one attached hydrogen (secondary N) is 1. The number of benzene rings is 1. The Balaban J connectivity index is 2.56. The van der Waals surface area contributed by atoms with Crippen LogP contribution < -0.4 is 10.1 Å². The van der Waals surface area contributed by atoms with Crippen LogP contribution in [-0.2, 0) is 0 Å². The Kier molecular flexibility index (Phi) is 4.66. The van der Waals surface area contributed by atoms with Crippen LogP contribution in [0.25, 0.3) is 0 Å². The van der Waals surface area contributed by atoms with E-state index in [1.165, 1.54) is 21.6 Å². The van der Waals surface area contributed by atoms with Crippen LogP contribution in [0.2, 0.25) is 0 Å². The third-order valence-electron chi connectivity index (χ3n) is 3.42.